The summed E-state index contributed by atoms with van der Waals surface area (Å²) in [6.07, 6.45) is 5.16. The summed E-state index contributed by atoms with van der Waals surface area (Å²) in [6.45, 7) is 0. The standard InChI is InChI=1S/C16H16N4O/c17-10-12-11-18-20-14(12)19-15(21)16(8-4-5-9-16)13-6-2-1-3-7-13/h1-3,6-7,11H,4-5,8-9H2,(H2,18,19,20,21). The third kappa shape index (κ3) is 2.29. The first kappa shape index (κ1) is 13.4. The number of nitrogens with zero attached hydrogens (tertiary/aromatic N) is 2. The number of carbonyl (C=O) groups is 1. The van der Waals surface area contributed by atoms with Crippen molar-refractivity contribution in [1.29, 1.82) is 5.26 Å². The lowest BCUT2D eigenvalue weighted by atomic mass is 9.78. The predicted octanol–water partition coefficient (Wildman–Crippen LogP) is 2.73. The van der Waals surface area contributed by atoms with E-state index in [1.54, 1.807) is 0 Å². The summed E-state index contributed by atoms with van der Waals surface area (Å²) in [4.78, 5) is 12.8. The Morgan fingerprint density at radius 2 is 2.00 bits per heavy atom. The molecular weight excluding hydrogens is 264 g/mol. The number of nitriles is 1. The molecule has 0 aliphatic heterocycles. The van der Waals surface area contributed by atoms with Crippen LogP contribution in [0.3, 0.4) is 0 Å². The first-order valence-electron chi connectivity index (χ1n) is 7.07. The summed E-state index contributed by atoms with van der Waals surface area (Å²) >= 11 is 0. The minimum Gasteiger partial charge on any atom is -0.309 e. The molecule has 0 spiro atoms. The number of benzene rings is 1. The molecule has 1 heterocycles. The number of aromatic amines is 1. The number of hydrogen-bond donors (Lipinski definition) is 2. The van der Waals surface area contributed by atoms with Crippen LogP contribution in [0, 0.1) is 11.3 Å². The van der Waals surface area contributed by atoms with E-state index in [-0.39, 0.29) is 5.91 Å². The van der Waals surface area contributed by atoms with Crippen LogP contribution in [0.15, 0.2) is 36.5 Å². The number of nitrogens with one attached hydrogen (secondary N) is 2. The van der Waals surface area contributed by atoms with Gasteiger partial charge < -0.3 is 5.32 Å². The van der Waals surface area contributed by atoms with E-state index in [2.05, 4.69) is 15.5 Å². The van der Waals surface area contributed by atoms with Gasteiger partial charge in [-0.15, -0.1) is 0 Å². The van der Waals surface area contributed by atoms with E-state index in [9.17, 15) is 4.79 Å². The maximum absolute atomic E-state index is 12.8. The Labute approximate surface area is 123 Å². The van der Waals surface area contributed by atoms with Gasteiger partial charge >= 0.3 is 0 Å². The van der Waals surface area contributed by atoms with E-state index in [1.807, 2.05) is 36.4 Å². The van der Waals surface area contributed by atoms with Gasteiger partial charge in [0.25, 0.3) is 0 Å². The van der Waals surface area contributed by atoms with Crippen LogP contribution in [0.4, 0.5) is 5.82 Å². The average molecular weight is 280 g/mol. The Kier molecular flexibility index (Phi) is 3.44. The van der Waals surface area contributed by atoms with Crippen molar-refractivity contribution in [2.24, 2.45) is 0 Å². The van der Waals surface area contributed by atoms with Crippen molar-refractivity contribution in [3.63, 3.8) is 0 Å². The SMILES string of the molecule is N#Cc1cn[nH]c1NC(=O)C1(c2ccccc2)CCCC1. The van der Waals surface area contributed by atoms with Crippen LogP contribution in [-0.4, -0.2) is 16.1 Å². The Bertz CT molecular complexity index is 678. The maximum atomic E-state index is 12.8. The summed E-state index contributed by atoms with van der Waals surface area (Å²) < 4.78 is 0. The molecule has 1 saturated carbocycles. The summed E-state index contributed by atoms with van der Waals surface area (Å²) in [6, 6.07) is 11.9. The molecule has 2 aromatic rings. The highest BCUT2D eigenvalue weighted by atomic mass is 16.2. The lowest BCUT2D eigenvalue weighted by Crippen LogP contribution is -2.38. The quantitative estimate of drug-likeness (QED) is 0.907. The molecule has 1 aliphatic carbocycles. The van der Waals surface area contributed by atoms with E-state index in [4.69, 9.17) is 5.26 Å². The minimum absolute atomic E-state index is 0.0630. The predicted molar refractivity (Wildman–Crippen MR) is 78.5 cm³/mol. The zero-order chi connectivity index (χ0) is 14.7. The normalized spacial score (nSPS) is 16.3. The zero-order valence-electron chi connectivity index (χ0n) is 11.6. The van der Waals surface area contributed by atoms with Gasteiger partial charge in [0.1, 0.15) is 17.5 Å². The Morgan fingerprint density at radius 3 is 2.67 bits per heavy atom. The first-order chi connectivity index (χ1) is 10.3. The van der Waals surface area contributed by atoms with Gasteiger partial charge in [-0.05, 0) is 18.4 Å². The van der Waals surface area contributed by atoms with E-state index in [1.165, 1.54) is 6.20 Å². The fraction of sp³-hybridized carbons (Fsp3) is 0.312. The highest BCUT2D eigenvalue weighted by Crippen LogP contribution is 2.42. The number of rotatable bonds is 3. The molecule has 5 nitrogen and oxygen atoms in total. The van der Waals surface area contributed by atoms with Gasteiger partial charge in [-0.1, -0.05) is 43.2 Å². The first-order valence-corrected chi connectivity index (χ1v) is 7.07. The molecule has 0 atom stereocenters. The molecule has 1 aliphatic rings. The van der Waals surface area contributed by atoms with Gasteiger partial charge in [0.05, 0.1) is 11.6 Å². The molecule has 0 saturated heterocycles. The maximum Gasteiger partial charge on any atom is 0.236 e. The van der Waals surface area contributed by atoms with Crippen molar-refractivity contribution in [2.45, 2.75) is 31.1 Å². The van der Waals surface area contributed by atoms with Gasteiger partial charge in [-0.2, -0.15) is 10.4 Å². The second kappa shape index (κ2) is 5.41. The van der Waals surface area contributed by atoms with Gasteiger partial charge in [-0.3, -0.25) is 9.89 Å². The van der Waals surface area contributed by atoms with Crippen molar-refractivity contribution in [1.82, 2.24) is 10.2 Å². The fourth-order valence-electron chi connectivity index (χ4n) is 3.08. The molecule has 3 rings (SSSR count). The van der Waals surface area contributed by atoms with Crippen molar-refractivity contribution in [3.05, 3.63) is 47.7 Å². The van der Waals surface area contributed by atoms with Crippen LogP contribution < -0.4 is 5.32 Å². The molecule has 5 heteroatoms. The van der Waals surface area contributed by atoms with Crippen LogP contribution in [0.5, 0.6) is 0 Å². The summed E-state index contributed by atoms with van der Waals surface area (Å²) in [7, 11) is 0. The van der Waals surface area contributed by atoms with Crippen molar-refractivity contribution < 1.29 is 4.79 Å². The third-order valence-electron chi connectivity index (χ3n) is 4.22. The smallest absolute Gasteiger partial charge is 0.236 e. The van der Waals surface area contributed by atoms with Gasteiger partial charge in [-0.25, -0.2) is 0 Å². The molecule has 1 amide bonds. The molecule has 21 heavy (non-hydrogen) atoms. The van der Waals surface area contributed by atoms with Crippen molar-refractivity contribution in [3.8, 4) is 6.07 Å². The van der Waals surface area contributed by atoms with Crippen LogP contribution in [0.25, 0.3) is 0 Å². The number of carbonyl (C=O) groups excluding carboxylic acids is 1. The monoisotopic (exact) mass is 280 g/mol. The lowest BCUT2D eigenvalue weighted by Gasteiger charge is -2.28. The van der Waals surface area contributed by atoms with E-state index in [0.29, 0.717) is 11.4 Å². The molecule has 0 radical (unpaired) electrons. The highest BCUT2D eigenvalue weighted by molar-refractivity contribution is 5.99. The Morgan fingerprint density at radius 1 is 1.29 bits per heavy atom. The third-order valence-corrected chi connectivity index (χ3v) is 4.22. The molecule has 1 aromatic heterocycles. The molecule has 2 N–H and O–H groups in total. The van der Waals surface area contributed by atoms with Gasteiger partial charge in [0, 0.05) is 0 Å². The topological polar surface area (TPSA) is 81.6 Å². The molecule has 106 valence electrons. The molecule has 1 aromatic carbocycles. The van der Waals surface area contributed by atoms with E-state index in [0.717, 1.165) is 31.2 Å². The van der Waals surface area contributed by atoms with Crippen LogP contribution in [-0.2, 0) is 10.2 Å². The fourth-order valence-corrected chi connectivity index (χ4v) is 3.08. The number of amides is 1. The number of anilines is 1. The molecule has 0 unspecified atom stereocenters. The van der Waals surface area contributed by atoms with Crippen molar-refractivity contribution in [2.75, 3.05) is 5.32 Å². The lowest BCUT2D eigenvalue weighted by molar-refractivity contribution is -0.121. The summed E-state index contributed by atoms with van der Waals surface area (Å²) in [5.74, 6) is 0.316. The van der Waals surface area contributed by atoms with Crippen LogP contribution in [0.2, 0.25) is 0 Å². The van der Waals surface area contributed by atoms with E-state index >= 15 is 0 Å². The Balaban J connectivity index is 1.92. The largest absolute Gasteiger partial charge is 0.309 e. The second-order valence-corrected chi connectivity index (χ2v) is 5.38. The van der Waals surface area contributed by atoms with Gasteiger partial charge in [0.15, 0.2) is 0 Å². The number of aromatic nitrogens is 2. The number of H-pyrrole nitrogens is 1. The number of hydrogen-bond acceptors (Lipinski definition) is 3. The second-order valence-electron chi connectivity index (χ2n) is 5.38. The summed E-state index contributed by atoms with van der Waals surface area (Å²) in [5.41, 5.74) is 0.890. The molecule has 0 bridgehead atoms. The minimum atomic E-state index is -0.501. The van der Waals surface area contributed by atoms with Gasteiger partial charge in [0.2, 0.25) is 5.91 Å². The Hall–Kier alpha value is -2.61. The molecular formula is C16H16N4O. The summed E-state index contributed by atoms with van der Waals surface area (Å²) in [5, 5.41) is 18.3. The van der Waals surface area contributed by atoms with Crippen LogP contribution >= 0.6 is 0 Å². The van der Waals surface area contributed by atoms with E-state index < -0.39 is 5.41 Å². The average Bonchev–Trinajstić information content (AvgIpc) is 3.17. The highest BCUT2D eigenvalue weighted by Gasteiger charge is 2.42. The van der Waals surface area contributed by atoms with Crippen molar-refractivity contribution >= 4 is 11.7 Å². The van der Waals surface area contributed by atoms with Crippen LogP contribution in [0.1, 0.15) is 36.8 Å². The molecule has 1 fully saturated rings. The zero-order valence-corrected chi connectivity index (χ0v) is 11.6.